The lowest BCUT2D eigenvalue weighted by Crippen LogP contribution is -2.47. The van der Waals surface area contributed by atoms with Crippen molar-refractivity contribution in [3.63, 3.8) is 0 Å². The Morgan fingerprint density at radius 2 is 1.64 bits per heavy atom. The fourth-order valence-corrected chi connectivity index (χ4v) is 2.64. The van der Waals surface area contributed by atoms with Crippen molar-refractivity contribution in [1.29, 1.82) is 0 Å². The summed E-state index contributed by atoms with van der Waals surface area (Å²) >= 11 is 5.72. The highest BCUT2D eigenvalue weighted by molar-refractivity contribution is 6.30. The van der Waals surface area contributed by atoms with E-state index in [-0.39, 0.29) is 22.4 Å². The number of fused-ring (bicyclic) bond motifs is 1. The summed E-state index contributed by atoms with van der Waals surface area (Å²) in [5, 5.41) is 11.3. The second kappa shape index (κ2) is 7.45. The maximum Gasteiger partial charge on any atom is 0.270 e. The quantitative estimate of drug-likeness (QED) is 0.449. The van der Waals surface area contributed by atoms with Gasteiger partial charge in [-0.3, -0.25) is 45.0 Å². The normalized spacial score (nSPS) is 12.5. The number of amides is 4. The fourth-order valence-electron chi connectivity index (χ4n) is 2.52. The van der Waals surface area contributed by atoms with Gasteiger partial charge in [0.15, 0.2) is 0 Å². The number of nitro benzene ring substituents is 1. The summed E-state index contributed by atoms with van der Waals surface area (Å²) in [6.45, 7) is -0.666. The van der Waals surface area contributed by atoms with Gasteiger partial charge in [0.1, 0.15) is 6.54 Å². The van der Waals surface area contributed by atoms with Gasteiger partial charge < -0.3 is 0 Å². The third-order valence-corrected chi connectivity index (χ3v) is 4.14. The van der Waals surface area contributed by atoms with Gasteiger partial charge in [-0.2, -0.15) is 0 Å². The molecule has 11 heteroatoms. The maximum atomic E-state index is 12.3. The van der Waals surface area contributed by atoms with Crippen molar-refractivity contribution in [2.24, 2.45) is 0 Å². The van der Waals surface area contributed by atoms with Gasteiger partial charge in [-0.05, 0) is 30.3 Å². The van der Waals surface area contributed by atoms with Crippen LogP contribution >= 0.6 is 11.6 Å². The van der Waals surface area contributed by atoms with Crippen LogP contribution in [0.25, 0.3) is 0 Å². The zero-order valence-electron chi connectivity index (χ0n) is 14.0. The van der Waals surface area contributed by atoms with Gasteiger partial charge in [-0.15, -0.1) is 0 Å². The predicted molar refractivity (Wildman–Crippen MR) is 95.5 cm³/mol. The molecule has 2 aromatic rings. The lowest BCUT2D eigenvalue weighted by Gasteiger charge is -2.14. The largest absolute Gasteiger partial charge is 0.271 e. The first-order chi connectivity index (χ1) is 13.3. The summed E-state index contributed by atoms with van der Waals surface area (Å²) in [7, 11) is 0. The molecule has 2 aromatic carbocycles. The zero-order valence-corrected chi connectivity index (χ0v) is 14.7. The molecular weight excluding hydrogens is 392 g/mol. The van der Waals surface area contributed by atoms with Crippen LogP contribution in [0.3, 0.4) is 0 Å². The number of halogens is 1. The molecule has 0 saturated carbocycles. The van der Waals surface area contributed by atoms with Gasteiger partial charge in [0, 0.05) is 22.7 Å². The summed E-state index contributed by atoms with van der Waals surface area (Å²) in [4.78, 5) is 59.3. The molecule has 1 aliphatic rings. The minimum absolute atomic E-state index is 0.0337. The van der Waals surface area contributed by atoms with E-state index >= 15 is 0 Å². The number of rotatable bonds is 4. The van der Waals surface area contributed by atoms with Crippen LogP contribution in [-0.2, 0) is 4.79 Å². The van der Waals surface area contributed by atoms with Crippen LogP contribution in [-0.4, -0.2) is 40.0 Å². The predicted octanol–water partition coefficient (Wildman–Crippen LogP) is 1.31. The Kier molecular flexibility index (Phi) is 5.05. The highest BCUT2D eigenvalue weighted by Gasteiger charge is 2.37. The molecule has 0 spiro atoms. The first kappa shape index (κ1) is 19.0. The van der Waals surface area contributed by atoms with E-state index < -0.39 is 35.1 Å². The lowest BCUT2D eigenvalue weighted by molar-refractivity contribution is -0.384. The standard InChI is InChI=1S/C17H11ClN4O6/c18-10-3-1-9(2-4-10)15(24)20-19-14(23)8-21-16(25)12-6-5-11(22(27)28)7-13(12)17(21)26/h1-7H,8H2,(H,19,23)(H,20,24). The molecule has 3 rings (SSSR count). The van der Waals surface area contributed by atoms with Crippen LogP contribution in [0.5, 0.6) is 0 Å². The number of carbonyl (C=O) groups is 4. The van der Waals surface area contributed by atoms with Crippen LogP contribution in [0.1, 0.15) is 31.1 Å². The molecule has 0 fully saturated rings. The van der Waals surface area contributed by atoms with Crippen molar-refractivity contribution in [2.45, 2.75) is 0 Å². The van der Waals surface area contributed by atoms with E-state index in [0.29, 0.717) is 9.92 Å². The minimum atomic E-state index is -0.831. The van der Waals surface area contributed by atoms with Crippen LogP contribution in [0.2, 0.25) is 5.02 Å². The molecule has 1 heterocycles. The summed E-state index contributed by atoms with van der Waals surface area (Å²) in [5.41, 5.74) is 3.94. The Bertz CT molecular complexity index is 1020. The second-order valence-corrected chi connectivity index (χ2v) is 6.13. The van der Waals surface area contributed by atoms with Crippen molar-refractivity contribution in [1.82, 2.24) is 15.8 Å². The molecule has 28 heavy (non-hydrogen) atoms. The summed E-state index contributed by atoms with van der Waals surface area (Å²) < 4.78 is 0. The average molecular weight is 403 g/mol. The van der Waals surface area contributed by atoms with E-state index in [1.165, 1.54) is 24.3 Å². The van der Waals surface area contributed by atoms with Crippen molar-refractivity contribution in [3.8, 4) is 0 Å². The third-order valence-electron chi connectivity index (χ3n) is 3.89. The van der Waals surface area contributed by atoms with Gasteiger partial charge in [0.25, 0.3) is 29.3 Å². The smallest absolute Gasteiger partial charge is 0.270 e. The molecule has 0 bridgehead atoms. The van der Waals surface area contributed by atoms with E-state index in [0.717, 1.165) is 18.2 Å². The monoisotopic (exact) mass is 402 g/mol. The number of benzene rings is 2. The average Bonchev–Trinajstić information content (AvgIpc) is 2.91. The summed E-state index contributed by atoms with van der Waals surface area (Å²) in [6, 6.07) is 9.12. The number of nitrogens with zero attached hydrogens (tertiary/aromatic N) is 2. The van der Waals surface area contributed by atoms with Crippen LogP contribution < -0.4 is 10.9 Å². The molecule has 4 amide bonds. The molecule has 2 N–H and O–H groups in total. The van der Waals surface area contributed by atoms with Gasteiger partial charge in [-0.1, -0.05) is 11.6 Å². The molecule has 142 valence electrons. The number of nitro groups is 1. The number of carbonyl (C=O) groups excluding carboxylic acids is 4. The van der Waals surface area contributed by atoms with Gasteiger partial charge in [0.05, 0.1) is 16.1 Å². The topological polar surface area (TPSA) is 139 Å². The van der Waals surface area contributed by atoms with Crippen molar-refractivity contribution < 1.29 is 24.1 Å². The second-order valence-electron chi connectivity index (χ2n) is 5.69. The van der Waals surface area contributed by atoms with Gasteiger partial charge in [0.2, 0.25) is 0 Å². The van der Waals surface area contributed by atoms with E-state index in [1.54, 1.807) is 0 Å². The van der Waals surface area contributed by atoms with Crippen molar-refractivity contribution in [3.05, 3.63) is 74.3 Å². The Morgan fingerprint density at radius 1 is 1.00 bits per heavy atom. The van der Waals surface area contributed by atoms with Crippen LogP contribution in [0.15, 0.2) is 42.5 Å². The lowest BCUT2D eigenvalue weighted by atomic mass is 10.1. The molecule has 0 atom stereocenters. The molecule has 0 radical (unpaired) electrons. The number of hydrogen-bond donors (Lipinski definition) is 2. The molecule has 0 unspecified atom stereocenters. The first-order valence-electron chi connectivity index (χ1n) is 7.77. The molecule has 0 saturated heterocycles. The van der Waals surface area contributed by atoms with Crippen molar-refractivity contribution >= 4 is 40.9 Å². The maximum absolute atomic E-state index is 12.3. The van der Waals surface area contributed by atoms with E-state index in [1.807, 2.05) is 0 Å². The zero-order chi connectivity index (χ0) is 20.4. The van der Waals surface area contributed by atoms with Gasteiger partial charge in [-0.25, -0.2) is 0 Å². The highest BCUT2D eigenvalue weighted by atomic mass is 35.5. The Hall–Kier alpha value is -3.79. The number of non-ortho nitro benzene ring substituents is 1. The summed E-state index contributed by atoms with van der Waals surface area (Å²) in [5.74, 6) is -3.04. The molecule has 10 nitrogen and oxygen atoms in total. The minimum Gasteiger partial charge on any atom is -0.271 e. The SMILES string of the molecule is O=C(CN1C(=O)c2ccc([N+](=O)[O-])cc2C1=O)NNC(=O)c1ccc(Cl)cc1. The van der Waals surface area contributed by atoms with E-state index in [4.69, 9.17) is 11.6 Å². The third kappa shape index (κ3) is 3.67. The number of hydrazine groups is 1. The molecular formula is C17H11ClN4O6. The van der Waals surface area contributed by atoms with E-state index in [2.05, 4.69) is 10.9 Å². The van der Waals surface area contributed by atoms with Crippen LogP contribution in [0, 0.1) is 10.1 Å². The Labute approximate surface area is 162 Å². The fraction of sp³-hybridized carbons (Fsp3) is 0.0588. The summed E-state index contributed by atoms with van der Waals surface area (Å²) in [6.07, 6.45) is 0. The number of nitrogens with one attached hydrogen (secondary N) is 2. The number of hydrogen-bond acceptors (Lipinski definition) is 6. The highest BCUT2D eigenvalue weighted by Crippen LogP contribution is 2.26. The molecule has 0 aromatic heterocycles. The van der Waals surface area contributed by atoms with Crippen molar-refractivity contribution in [2.75, 3.05) is 6.54 Å². The molecule has 0 aliphatic carbocycles. The van der Waals surface area contributed by atoms with Crippen LogP contribution in [0.4, 0.5) is 5.69 Å². The number of imide groups is 1. The van der Waals surface area contributed by atoms with E-state index in [9.17, 15) is 29.3 Å². The Balaban J connectivity index is 1.63. The molecule has 1 aliphatic heterocycles. The Morgan fingerprint density at radius 3 is 2.29 bits per heavy atom. The van der Waals surface area contributed by atoms with Gasteiger partial charge >= 0.3 is 0 Å². The first-order valence-corrected chi connectivity index (χ1v) is 8.15.